The summed E-state index contributed by atoms with van der Waals surface area (Å²) in [6, 6.07) is 14.9. The molecular weight excluding hydrogens is 264 g/mol. The van der Waals surface area contributed by atoms with Gasteiger partial charge in [0.05, 0.1) is 12.6 Å². The molecule has 3 N–H and O–H groups in total. The number of rotatable bonds is 5. The Bertz CT molecular complexity index is 611. The van der Waals surface area contributed by atoms with Gasteiger partial charge in [0.2, 0.25) is 0 Å². The Labute approximate surface area is 124 Å². The Morgan fingerprint density at radius 3 is 2.57 bits per heavy atom. The summed E-state index contributed by atoms with van der Waals surface area (Å²) < 4.78 is 5.49. The van der Waals surface area contributed by atoms with E-state index in [0.717, 1.165) is 5.56 Å². The van der Waals surface area contributed by atoms with Crippen molar-refractivity contribution in [2.24, 2.45) is 0 Å². The maximum atomic E-state index is 12.5. The molecule has 4 heteroatoms. The third-order valence-electron chi connectivity index (χ3n) is 3.23. The molecule has 0 fully saturated rings. The molecule has 0 aromatic heterocycles. The van der Waals surface area contributed by atoms with E-state index in [-0.39, 0.29) is 11.9 Å². The van der Waals surface area contributed by atoms with Gasteiger partial charge in [-0.3, -0.25) is 4.79 Å². The Kier molecular flexibility index (Phi) is 4.82. The normalized spacial score (nSPS) is 11.7. The average Bonchev–Trinajstić information content (AvgIpc) is 2.48. The average molecular weight is 284 g/mol. The Morgan fingerprint density at radius 2 is 1.90 bits per heavy atom. The molecule has 2 aromatic rings. The number of amides is 1. The summed E-state index contributed by atoms with van der Waals surface area (Å²) in [5.41, 5.74) is 7.77. The molecule has 21 heavy (non-hydrogen) atoms. The van der Waals surface area contributed by atoms with Crippen LogP contribution in [0.15, 0.2) is 48.5 Å². The van der Waals surface area contributed by atoms with Crippen molar-refractivity contribution in [3.05, 3.63) is 59.7 Å². The van der Waals surface area contributed by atoms with Gasteiger partial charge >= 0.3 is 0 Å². The van der Waals surface area contributed by atoms with Crippen molar-refractivity contribution in [2.75, 3.05) is 12.3 Å². The number of hydrogen-bond donors (Lipinski definition) is 2. The van der Waals surface area contributed by atoms with Gasteiger partial charge in [-0.15, -0.1) is 0 Å². The first kappa shape index (κ1) is 14.9. The Balaban J connectivity index is 2.21. The van der Waals surface area contributed by atoms with E-state index in [4.69, 9.17) is 10.5 Å². The number of carbonyl (C=O) groups is 1. The highest BCUT2D eigenvalue weighted by Gasteiger charge is 2.18. The zero-order valence-corrected chi connectivity index (χ0v) is 12.3. The molecule has 2 rings (SSSR count). The van der Waals surface area contributed by atoms with E-state index < -0.39 is 0 Å². The lowest BCUT2D eigenvalue weighted by Crippen LogP contribution is -2.28. The molecule has 0 aliphatic carbocycles. The summed E-state index contributed by atoms with van der Waals surface area (Å²) in [6.45, 7) is 4.29. The van der Waals surface area contributed by atoms with Crippen LogP contribution in [0.5, 0.6) is 5.75 Å². The van der Waals surface area contributed by atoms with Crippen LogP contribution >= 0.6 is 0 Å². The highest BCUT2D eigenvalue weighted by atomic mass is 16.5. The van der Waals surface area contributed by atoms with Crippen LogP contribution in [0.3, 0.4) is 0 Å². The lowest BCUT2D eigenvalue weighted by Gasteiger charge is -2.17. The van der Waals surface area contributed by atoms with Gasteiger partial charge in [-0.25, -0.2) is 0 Å². The summed E-state index contributed by atoms with van der Waals surface area (Å²) in [7, 11) is 0. The van der Waals surface area contributed by atoms with Crippen LogP contribution in [0.2, 0.25) is 0 Å². The van der Waals surface area contributed by atoms with E-state index in [0.29, 0.717) is 23.6 Å². The molecular formula is C17H20N2O2. The highest BCUT2D eigenvalue weighted by Crippen LogP contribution is 2.25. The monoisotopic (exact) mass is 284 g/mol. The summed E-state index contributed by atoms with van der Waals surface area (Å²) in [6.07, 6.45) is 0. The van der Waals surface area contributed by atoms with Gasteiger partial charge in [0.25, 0.3) is 5.91 Å². The SMILES string of the molecule is CCOc1cccc(N)c1C(=O)NC(C)c1ccccc1. The second kappa shape index (κ2) is 6.79. The summed E-state index contributed by atoms with van der Waals surface area (Å²) >= 11 is 0. The van der Waals surface area contributed by atoms with Crippen molar-refractivity contribution in [2.45, 2.75) is 19.9 Å². The molecule has 1 amide bonds. The van der Waals surface area contributed by atoms with Gasteiger partial charge in [-0.05, 0) is 31.5 Å². The van der Waals surface area contributed by atoms with Crippen LogP contribution in [-0.4, -0.2) is 12.5 Å². The number of anilines is 1. The topological polar surface area (TPSA) is 64.3 Å². The van der Waals surface area contributed by atoms with Gasteiger partial charge in [0.15, 0.2) is 0 Å². The lowest BCUT2D eigenvalue weighted by atomic mass is 10.1. The number of nitrogens with two attached hydrogens (primary N) is 1. The van der Waals surface area contributed by atoms with Crippen molar-refractivity contribution < 1.29 is 9.53 Å². The van der Waals surface area contributed by atoms with Crippen LogP contribution in [0.4, 0.5) is 5.69 Å². The predicted molar refractivity (Wildman–Crippen MR) is 84.3 cm³/mol. The van der Waals surface area contributed by atoms with Gasteiger partial charge in [-0.1, -0.05) is 36.4 Å². The standard InChI is InChI=1S/C17H20N2O2/c1-3-21-15-11-7-10-14(18)16(15)17(20)19-12(2)13-8-5-4-6-9-13/h4-12H,3,18H2,1-2H3,(H,19,20). The number of benzene rings is 2. The molecule has 0 saturated heterocycles. The molecule has 0 heterocycles. The van der Waals surface area contributed by atoms with Crippen LogP contribution in [0.25, 0.3) is 0 Å². The summed E-state index contributed by atoms with van der Waals surface area (Å²) in [5, 5.41) is 2.95. The molecule has 110 valence electrons. The fourth-order valence-electron chi connectivity index (χ4n) is 2.16. The van der Waals surface area contributed by atoms with Crippen molar-refractivity contribution in [1.29, 1.82) is 0 Å². The van der Waals surface area contributed by atoms with Gasteiger partial charge in [0.1, 0.15) is 11.3 Å². The minimum Gasteiger partial charge on any atom is -0.493 e. The van der Waals surface area contributed by atoms with Crippen molar-refractivity contribution in [3.8, 4) is 5.75 Å². The van der Waals surface area contributed by atoms with Crippen LogP contribution in [-0.2, 0) is 0 Å². The van der Waals surface area contributed by atoms with Crippen molar-refractivity contribution >= 4 is 11.6 Å². The molecule has 0 spiro atoms. The molecule has 1 atom stereocenters. The number of carbonyl (C=O) groups excluding carboxylic acids is 1. The van der Waals surface area contributed by atoms with E-state index in [9.17, 15) is 4.79 Å². The fourth-order valence-corrected chi connectivity index (χ4v) is 2.16. The second-order valence-electron chi connectivity index (χ2n) is 4.76. The molecule has 0 bridgehead atoms. The molecule has 2 aromatic carbocycles. The molecule has 1 unspecified atom stereocenters. The minimum atomic E-state index is -0.229. The maximum absolute atomic E-state index is 12.5. The summed E-state index contributed by atoms with van der Waals surface area (Å²) in [5.74, 6) is 0.281. The van der Waals surface area contributed by atoms with Crippen molar-refractivity contribution in [1.82, 2.24) is 5.32 Å². The minimum absolute atomic E-state index is 0.104. The first-order valence-corrected chi connectivity index (χ1v) is 7.00. The van der Waals surface area contributed by atoms with E-state index in [2.05, 4.69) is 5.32 Å². The molecule has 0 saturated carbocycles. The Morgan fingerprint density at radius 1 is 1.19 bits per heavy atom. The number of ether oxygens (including phenoxy) is 1. The molecule has 4 nitrogen and oxygen atoms in total. The highest BCUT2D eigenvalue weighted by molar-refractivity contribution is 6.02. The Hall–Kier alpha value is -2.49. The molecule has 0 aliphatic rings. The van der Waals surface area contributed by atoms with Gasteiger partial charge in [-0.2, -0.15) is 0 Å². The fraction of sp³-hybridized carbons (Fsp3) is 0.235. The first-order valence-electron chi connectivity index (χ1n) is 7.00. The first-order chi connectivity index (χ1) is 10.1. The molecule has 0 radical (unpaired) electrons. The van der Waals surface area contributed by atoms with E-state index in [1.807, 2.05) is 44.2 Å². The van der Waals surface area contributed by atoms with E-state index in [1.54, 1.807) is 18.2 Å². The number of nitrogen functional groups attached to an aromatic ring is 1. The van der Waals surface area contributed by atoms with Crippen LogP contribution in [0.1, 0.15) is 35.8 Å². The van der Waals surface area contributed by atoms with Gasteiger partial charge < -0.3 is 15.8 Å². The maximum Gasteiger partial charge on any atom is 0.257 e. The largest absolute Gasteiger partial charge is 0.493 e. The lowest BCUT2D eigenvalue weighted by molar-refractivity contribution is 0.0937. The van der Waals surface area contributed by atoms with Gasteiger partial charge in [0, 0.05) is 5.69 Å². The van der Waals surface area contributed by atoms with Crippen LogP contribution in [0, 0.1) is 0 Å². The zero-order chi connectivity index (χ0) is 15.2. The third-order valence-corrected chi connectivity index (χ3v) is 3.23. The predicted octanol–water partition coefficient (Wildman–Crippen LogP) is 3.16. The third kappa shape index (κ3) is 3.54. The van der Waals surface area contributed by atoms with E-state index >= 15 is 0 Å². The summed E-state index contributed by atoms with van der Waals surface area (Å²) in [4.78, 5) is 12.5. The van der Waals surface area contributed by atoms with Crippen molar-refractivity contribution in [3.63, 3.8) is 0 Å². The van der Waals surface area contributed by atoms with Crippen LogP contribution < -0.4 is 15.8 Å². The quantitative estimate of drug-likeness (QED) is 0.829. The number of nitrogens with one attached hydrogen (secondary N) is 1. The number of hydrogen-bond acceptors (Lipinski definition) is 3. The van der Waals surface area contributed by atoms with E-state index in [1.165, 1.54) is 0 Å². The zero-order valence-electron chi connectivity index (χ0n) is 12.3. The second-order valence-corrected chi connectivity index (χ2v) is 4.76. The smallest absolute Gasteiger partial charge is 0.257 e. The molecule has 0 aliphatic heterocycles.